The van der Waals surface area contributed by atoms with Crippen LogP contribution < -0.4 is 10.3 Å². The molecule has 3 aromatic carbocycles. The summed E-state index contributed by atoms with van der Waals surface area (Å²) >= 11 is 8.86. The van der Waals surface area contributed by atoms with Crippen LogP contribution in [0, 0.1) is 5.82 Å². The normalized spacial score (nSPS) is 15.0. The van der Waals surface area contributed by atoms with Gasteiger partial charge in [-0.05, 0) is 29.8 Å². The highest BCUT2D eigenvalue weighted by molar-refractivity contribution is 8.00. The highest BCUT2D eigenvalue weighted by Gasteiger charge is 2.46. The van der Waals surface area contributed by atoms with Crippen LogP contribution in [0.25, 0.3) is 11.0 Å². The number of aromatic nitrogens is 2. The topological polar surface area (TPSA) is 76.3 Å². The molecule has 1 amide bonds. The zero-order valence-electron chi connectivity index (χ0n) is 18.4. The Hall–Kier alpha value is -3.53. The number of benzene rings is 3. The molecular formula is C26H15ClFN3O3S2. The minimum atomic E-state index is -1.04. The fourth-order valence-electron chi connectivity index (χ4n) is 4.22. The molecule has 178 valence electrons. The monoisotopic (exact) mass is 535 g/mol. The first-order valence-corrected chi connectivity index (χ1v) is 13.0. The molecule has 3 heterocycles. The van der Waals surface area contributed by atoms with Gasteiger partial charge in [0.15, 0.2) is 9.77 Å². The summed E-state index contributed by atoms with van der Waals surface area (Å²) in [5.41, 5.74) is 1.11. The van der Waals surface area contributed by atoms with Gasteiger partial charge in [0.2, 0.25) is 10.9 Å². The molecular weight excluding hydrogens is 521 g/mol. The average molecular weight is 536 g/mol. The quantitative estimate of drug-likeness (QED) is 0.189. The van der Waals surface area contributed by atoms with Crippen LogP contribution in [0.1, 0.15) is 33.3 Å². The van der Waals surface area contributed by atoms with Crippen molar-refractivity contribution in [3.05, 3.63) is 116 Å². The summed E-state index contributed by atoms with van der Waals surface area (Å²) in [6, 6.07) is 19.2. The van der Waals surface area contributed by atoms with Gasteiger partial charge in [-0.2, -0.15) is 0 Å². The molecule has 0 spiro atoms. The number of hydrogen-bond acceptors (Lipinski definition) is 7. The van der Waals surface area contributed by atoms with E-state index in [0.29, 0.717) is 20.5 Å². The summed E-state index contributed by atoms with van der Waals surface area (Å²) in [6.45, 7) is 0. The number of hydrogen-bond donors (Lipinski definition) is 0. The minimum Gasteiger partial charge on any atom is -0.450 e. The molecule has 1 aliphatic heterocycles. The Kier molecular flexibility index (Phi) is 5.83. The maximum atomic E-state index is 15.0. The number of carbonyl (C=O) groups is 1. The van der Waals surface area contributed by atoms with Crippen molar-refractivity contribution in [3.63, 3.8) is 0 Å². The van der Waals surface area contributed by atoms with E-state index in [9.17, 15) is 9.59 Å². The van der Waals surface area contributed by atoms with Crippen LogP contribution in [0.2, 0.25) is 5.02 Å². The highest BCUT2D eigenvalue weighted by atomic mass is 35.5. The zero-order valence-corrected chi connectivity index (χ0v) is 20.7. The molecule has 0 aliphatic carbocycles. The molecule has 6 nitrogen and oxygen atoms in total. The van der Waals surface area contributed by atoms with E-state index in [1.807, 2.05) is 24.3 Å². The first-order chi connectivity index (χ1) is 17.5. The lowest BCUT2D eigenvalue weighted by Gasteiger charge is -2.22. The standard InChI is InChI=1S/C26H15ClFN3O3S2/c27-17-10-4-1-7-14(17)13-35-26-30-29-25(36-26)31-21(15-8-2-5-11-18(15)28)20-22(32)16-9-3-6-12-19(16)34-23(20)24(31)33/h1-12,21H,13H2. The molecule has 36 heavy (non-hydrogen) atoms. The predicted octanol–water partition coefficient (Wildman–Crippen LogP) is 6.48. The first kappa shape index (κ1) is 22.9. The Labute approximate surface area is 217 Å². The molecule has 0 saturated carbocycles. The molecule has 0 N–H and O–H groups in total. The van der Waals surface area contributed by atoms with Gasteiger partial charge in [0.1, 0.15) is 17.4 Å². The summed E-state index contributed by atoms with van der Waals surface area (Å²) in [4.78, 5) is 28.4. The number of nitrogens with zero attached hydrogens (tertiary/aromatic N) is 3. The SMILES string of the molecule is O=C1c2oc3ccccc3c(=O)c2C(c2ccccc2F)N1c1nnc(SCc2ccccc2Cl)s1. The van der Waals surface area contributed by atoms with Crippen molar-refractivity contribution in [2.45, 2.75) is 16.1 Å². The van der Waals surface area contributed by atoms with E-state index < -0.39 is 17.8 Å². The number of amides is 1. The van der Waals surface area contributed by atoms with Gasteiger partial charge in [0.05, 0.1) is 10.9 Å². The molecule has 2 aromatic heterocycles. The Morgan fingerprint density at radius 3 is 2.58 bits per heavy atom. The summed E-state index contributed by atoms with van der Waals surface area (Å²) in [7, 11) is 0. The van der Waals surface area contributed by atoms with Gasteiger partial charge in [0.25, 0.3) is 5.91 Å². The molecule has 0 radical (unpaired) electrons. The number of anilines is 1. The third kappa shape index (κ3) is 3.80. The van der Waals surface area contributed by atoms with Gasteiger partial charge >= 0.3 is 0 Å². The van der Waals surface area contributed by atoms with Crippen molar-refractivity contribution in [3.8, 4) is 0 Å². The van der Waals surface area contributed by atoms with Gasteiger partial charge in [0, 0.05) is 16.3 Å². The second-order valence-electron chi connectivity index (χ2n) is 8.00. The van der Waals surface area contributed by atoms with E-state index in [0.717, 1.165) is 5.56 Å². The second kappa shape index (κ2) is 9.16. The third-order valence-electron chi connectivity index (χ3n) is 5.89. The second-order valence-corrected chi connectivity index (χ2v) is 10.6. The number of rotatable bonds is 5. The molecule has 0 saturated heterocycles. The first-order valence-electron chi connectivity index (χ1n) is 10.9. The van der Waals surface area contributed by atoms with E-state index in [1.165, 1.54) is 34.1 Å². The Morgan fingerprint density at radius 1 is 1.00 bits per heavy atom. The van der Waals surface area contributed by atoms with Gasteiger partial charge in [-0.1, -0.05) is 83.2 Å². The lowest BCUT2D eigenvalue weighted by molar-refractivity contribution is 0.0970. The van der Waals surface area contributed by atoms with Crippen LogP contribution in [0.15, 0.2) is 86.3 Å². The maximum Gasteiger partial charge on any atom is 0.297 e. The summed E-state index contributed by atoms with van der Waals surface area (Å²) in [5.74, 6) is -0.671. The number of fused-ring (bicyclic) bond motifs is 2. The highest BCUT2D eigenvalue weighted by Crippen LogP contribution is 2.44. The van der Waals surface area contributed by atoms with Gasteiger partial charge in [-0.25, -0.2) is 4.39 Å². The third-order valence-corrected chi connectivity index (χ3v) is 8.36. The smallest absolute Gasteiger partial charge is 0.297 e. The Bertz CT molecular complexity index is 1700. The van der Waals surface area contributed by atoms with Crippen molar-refractivity contribution in [1.29, 1.82) is 0 Å². The van der Waals surface area contributed by atoms with E-state index in [1.54, 1.807) is 42.5 Å². The van der Waals surface area contributed by atoms with E-state index in [-0.39, 0.29) is 33.0 Å². The lowest BCUT2D eigenvalue weighted by atomic mass is 9.98. The molecule has 6 rings (SSSR count). The largest absolute Gasteiger partial charge is 0.450 e. The molecule has 0 bridgehead atoms. The van der Waals surface area contributed by atoms with E-state index >= 15 is 4.39 Å². The van der Waals surface area contributed by atoms with Crippen molar-refractivity contribution in [1.82, 2.24) is 10.2 Å². The molecule has 10 heteroatoms. The molecule has 1 atom stereocenters. The van der Waals surface area contributed by atoms with Crippen molar-refractivity contribution in [2.75, 3.05) is 4.90 Å². The molecule has 0 fully saturated rings. The van der Waals surface area contributed by atoms with Crippen LogP contribution in [-0.4, -0.2) is 16.1 Å². The van der Waals surface area contributed by atoms with Gasteiger partial charge in [-0.3, -0.25) is 14.5 Å². The average Bonchev–Trinajstić information content (AvgIpc) is 3.46. The Balaban J connectivity index is 1.44. The number of halogens is 2. The molecule has 1 aliphatic rings. The van der Waals surface area contributed by atoms with Gasteiger partial charge in [-0.15, -0.1) is 10.2 Å². The fourth-order valence-corrected chi connectivity index (χ4v) is 6.37. The number of para-hydroxylation sites is 1. The van der Waals surface area contributed by atoms with Crippen molar-refractivity contribution >= 4 is 56.7 Å². The summed E-state index contributed by atoms with van der Waals surface area (Å²) in [6.07, 6.45) is 0. The lowest BCUT2D eigenvalue weighted by Crippen LogP contribution is -2.30. The zero-order chi connectivity index (χ0) is 24.8. The van der Waals surface area contributed by atoms with Crippen molar-refractivity contribution < 1.29 is 13.6 Å². The van der Waals surface area contributed by atoms with Crippen molar-refractivity contribution in [2.24, 2.45) is 0 Å². The van der Waals surface area contributed by atoms with E-state index in [4.69, 9.17) is 16.0 Å². The predicted molar refractivity (Wildman–Crippen MR) is 138 cm³/mol. The van der Waals surface area contributed by atoms with Gasteiger partial charge < -0.3 is 4.42 Å². The maximum absolute atomic E-state index is 15.0. The molecule has 1 unspecified atom stereocenters. The van der Waals surface area contributed by atoms with Crippen LogP contribution in [-0.2, 0) is 5.75 Å². The minimum absolute atomic E-state index is 0.0873. The molecule has 5 aromatic rings. The Morgan fingerprint density at radius 2 is 1.75 bits per heavy atom. The van der Waals surface area contributed by atoms with Crippen LogP contribution in [0.5, 0.6) is 0 Å². The summed E-state index contributed by atoms with van der Waals surface area (Å²) < 4.78 is 21.5. The van der Waals surface area contributed by atoms with Crippen LogP contribution in [0.4, 0.5) is 9.52 Å². The fraction of sp³-hybridized carbons (Fsp3) is 0.0769. The van der Waals surface area contributed by atoms with Crippen LogP contribution >= 0.6 is 34.7 Å². The number of carbonyl (C=O) groups excluding carboxylic acids is 1. The van der Waals surface area contributed by atoms with E-state index in [2.05, 4.69) is 10.2 Å². The number of thioether (sulfide) groups is 1. The van der Waals surface area contributed by atoms with Crippen LogP contribution in [0.3, 0.4) is 0 Å². The summed E-state index contributed by atoms with van der Waals surface area (Å²) in [5, 5.41) is 9.66.